The predicted octanol–water partition coefficient (Wildman–Crippen LogP) is 4.03. The highest BCUT2D eigenvalue weighted by molar-refractivity contribution is 5.99. The number of rotatable bonds is 6. The minimum atomic E-state index is -0.848. The normalized spacial score (nSPS) is 16.7. The molecule has 170 valence electrons. The van der Waals surface area contributed by atoms with Gasteiger partial charge in [0.2, 0.25) is 0 Å². The number of likely N-dealkylation sites (N-methyl/N-ethyl adjacent to an activating group) is 1. The maximum atomic E-state index is 13.2. The van der Waals surface area contributed by atoms with Crippen LogP contribution in [-0.4, -0.2) is 37.0 Å². The third-order valence-electron chi connectivity index (χ3n) is 5.72. The summed E-state index contributed by atoms with van der Waals surface area (Å²) in [4.78, 5) is 28.1. The summed E-state index contributed by atoms with van der Waals surface area (Å²) in [6, 6.07) is 23.2. The molecule has 7 heteroatoms. The van der Waals surface area contributed by atoms with Crippen LogP contribution in [0, 0.1) is 6.92 Å². The molecule has 0 aromatic heterocycles. The van der Waals surface area contributed by atoms with Gasteiger partial charge in [-0.2, -0.15) is 0 Å². The van der Waals surface area contributed by atoms with Gasteiger partial charge in [0.15, 0.2) is 0 Å². The Morgan fingerprint density at radius 2 is 1.55 bits per heavy atom. The van der Waals surface area contributed by atoms with Gasteiger partial charge >= 0.3 is 6.03 Å². The molecule has 1 aliphatic heterocycles. The van der Waals surface area contributed by atoms with Crippen LogP contribution in [0.3, 0.4) is 0 Å². The fourth-order valence-corrected chi connectivity index (χ4v) is 3.88. The quantitative estimate of drug-likeness (QED) is 0.463. The minimum absolute atomic E-state index is 0.180. The van der Waals surface area contributed by atoms with Crippen molar-refractivity contribution < 1.29 is 9.59 Å². The molecule has 3 aromatic carbocycles. The van der Waals surface area contributed by atoms with Crippen LogP contribution in [0.1, 0.15) is 28.9 Å². The summed E-state index contributed by atoms with van der Waals surface area (Å²) in [5.41, 5.74) is 4.27. The summed E-state index contributed by atoms with van der Waals surface area (Å²) in [5.74, 6) is -0.316. The van der Waals surface area contributed by atoms with E-state index >= 15 is 0 Å². The summed E-state index contributed by atoms with van der Waals surface area (Å²) >= 11 is 0. The predicted molar refractivity (Wildman–Crippen MR) is 131 cm³/mol. The lowest BCUT2D eigenvalue weighted by Crippen LogP contribution is -2.39. The van der Waals surface area contributed by atoms with Gasteiger partial charge in [-0.05, 0) is 49.4 Å². The number of amides is 3. The largest absolute Gasteiger partial charge is 0.324 e. The maximum Gasteiger partial charge on any atom is 0.320 e. The summed E-state index contributed by atoms with van der Waals surface area (Å²) in [7, 11) is 2.08. The average Bonchev–Trinajstić information content (AvgIpc) is 3.26. The number of anilines is 2. The minimum Gasteiger partial charge on any atom is -0.324 e. The molecular formula is C26H29N5O2. The Labute approximate surface area is 194 Å². The fraction of sp³-hybridized carbons (Fsp3) is 0.231. The van der Waals surface area contributed by atoms with Crippen LogP contribution >= 0.6 is 0 Å². The zero-order valence-corrected chi connectivity index (χ0v) is 18.8. The van der Waals surface area contributed by atoms with Crippen molar-refractivity contribution in [2.75, 3.05) is 30.8 Å². The molecule has 1 fully saturated rings. The van der Waals surface area contributed by atoms with Crippen molar-refractivity contribution in [1.29, 1.82) is 0 Å². The highest BCUT2D eigenvalue weighted by atomic mass is 16.2. The maximum absolute atomic E-state index is 13.2. The molecule has 1 saturated heterocycles. The summed E-state index contributed by atoms with van der Waals surface area (Å²) in [6.45, 7) is 3.93. The van der Waals surface area contributed by atoms with Crippen LogP contribution in [-0.2, 0) is 4.79 Å². The molecule has 0 bridgehead atoms. The third-order valence-corrected chi connectivity index (χ3v) is 5.72. The standard InChI is InChI=1S/C26H29N5O2/c1-18-8-12-22(13-9-18)29-26(33)30-23(19-6-4-3-5-7-19)25(32)28-21-14-10-20(11-15-21)24-27-16-17-31(24)2/h3-15,23-24,27H,16-17H2,1-2H3,(H,28,32)(H2,29,30,33)/t23-,24?/m1/s1. The van der Waals surface area contributed by atoms with E-state index in [0.717, 1.165) is 24.2 Å². The first-order valence-corrected chi connectivity index (χ1v) is 11.0. The topological polar surface area (TPSA) is 85.5 Å². The Kier molecular flexibility index (Phi) is 7.02. The fourth-order valence-electron chi connectivity index (χ4n) is 3.88. The van der Waals surface area contributed by atoms with Crippen molar-refractivity contribution in [1.82, 2.24) is 15.5 Å². The molecule has 33 heavy (non-hydrogen) atoms. The van der Waals surface area contributed by atoms with Gasteiger partial charge in [0.25, 0.3) is 5.91 Å². The average molecular weight is 444 g/mol. The second-order valence-corrected chi connectivity index (χ2v) is 8.26. The van der Waals surface area contributed by atoms with Crippen molar-refractivity contribution in [2.45, 2.75) is 19.1 Å². The van der Waals surface area contributed by atoms with Crippen molar-refractivity contribution >= 4 is 23.3 Å². The highest BCUT2D eigenvalue weighted by Crippen LogP contribution is 2.23. The van der Waals surface area contributed by atoms with Gasteiger partial charge in [0, 0.05) is 24.5 Å². The number of aryl methyl sites for hydroxylation is 1. The van der Waals surface area contributed by atoms with Crippen molar-refractivity contribution in [3.63, 3.8) is 0 Å². The van der Waals surface area contributed by atoms with E-state index in [4.69, 9.17) is 0 Å². The molecule has 0 saturated carbocycles. The molecule has 0 radical (unpaired) electrons. The SMILES string of the molecule is Cc1ccc(NC(=O)N[C@@H](C(=O)Nc2ccc(C3NCCN3C)cc2)c2ccccc2)cc1. The van der Waals surface area contributed by atoms with E-state index in [2.05, 4.69) is 33.2 Å². The van der Waals surface area contributed by atoms with E-state index < -0.39 is 12.1 Å². The Morgan fingerprint density at radius 3 is 2.18 bits per heavy atom. The Hall–Kier alpha value is -3.68. The van der Waals surface area contributed by atoms with Gasteiger partial charge in [-0.3, -0.25) is 15.0 Å². The second-order valence-electron chi connectivity index (χ2n) is 8.26. The Balaban J connectivity index is 1.45. The van der Waals surface area contributed by atoms with Gasteiger partial charge in [-0.15, -0.1) is 0 Å². The zero-order valence-electron chi connectivity index (χ0n) is 18.8. The lowest BCUT2D eigenvalue weighted by atomic mass is 10.1. The van der Waals surface area contributed by atoms with Crippen LogP contribution in [0.25, 0.3) is 0 Å². The van der Waals surface area contributed by atoms with E-state index in [1.165, 1.54) is 0 Å². The van der Waals surface area contributed by atoms with Gasteiger partial charge in [-0.1, -0.05) is 60.2 Å². The number of urea groups is 1. The highest BCUT2D eigenvalue weighted by Gasteiger charge is 2.24. The number of benzene rings is 3. The van der Waals surface area contributed by atoms with Gasteiger partial charge in [0.05, 0.1) is 6.17 Å². The summed E-state index contributed by atoms with van der Waals surface area (Å²) < 4.78 is 0. The lowest BCUT2D eigenvalue weighted by molar-refractivity contribution is -0.118. The van der Waals surface area contributed by atoms with Crippen LogP contribution in [0.2, 0.25) is 0 Å². The smallest absolute Gasteiger partial charge is 0.320 e. The van der Waals surface area contributed by atoms with Gasteiger partial charge < -0.3 is 16.0 Å². The first kappa shape index (κ1) is 22.5. The third kappa shape index (κ3) is 5.77. The molecule has 0 spiro atoms. The Morgan fingerprint density at radius 1 is 0.909 bits per heavy atom. The first-order valence-electron chi connectivity index (χ1n) is 11.0. The molecule has 1 aliphatic rings. The first-order chi connectivity index (χ1) is 16.0. The number of nitrogens with zero attached hydrogens (tertiary/aromatic N) is 1. The molecule has 1 heterocycles. The van der Waals surface area contributed by atoms with E-state index in [9.17, 15) is 9.59 Å². The molecule has 3 aromatic rings. The van der Waals surface area contributed by atoms with Crippen molar-refractivity contribution in [2.24, 2.45) is 0 Å². The van der Waals surface area contributed by atoms with Crippen LogP contribution in [0.15, 0.2) is 78.9 Å². The van der Waals surface area contributed by atoms with Crippen LogP contribution in [0.5, 0.6) is 0 Å². The lowest BCUT2D eigenvalue weighted by Gasteiger charge is -2.21. The van der Waals surface area contributed by atoms with Gasteiger partial charge in [0.1, 0.15) is 6.04 Å². The molecule has 4 rings (SSSR count). The van der Waals surface area contributed by atoms with Crippen molar-refractivity contribution in [3.05, 3.63) is 95.6 Å². The van der Waals surface area contributed by atoms with Crippen LogP contribution < -0.4 is 21.3 Å². The molecule has 2 atom stereocenters. The number of hydrogen-bond acceptors (Lipinski definition) is 4. The summed E-state index contributed by atoms with van der Waals surface area (Å²) in [5, 5.41) is 12.0. The molecule has 1 unspecified atom stereocenters. The van der Waals surface area contributed by atoms with E-state index in [1.54, 1.807) is 0 Å². The molecule has 0 aliphatic carbocycles. The molecule has 7 nitrogen and oxygen atoms in total. The van der Waals surface area contributed by atoms with E-state index in [-0.39, 0.29) is 12.1 Å². The number of carbonyl (C=O) groups is 2. The van der Waals surface area contributed by atoms with E-state index in [1.807, 2.05) is 85.8 Å². The van der Waals surface area contributed by atoms with Gasteiger partial charge in [-0.25, -0.2) is 4.79 Å². The van der Waals surface area contributed by atoms with Crippen LogP contribution in [0.4, 0.5) is 16.2 Å². The molecule has 4 N–H and O–H groups in total. The van der Waals surface area contributed by atoms with E-state index in [0.29, 0.717) is 16.9 Å². The zero-order chi connectivity index (χ0) is 23.2. The number of nitrogens with one attached hydrogen (secondary N) is 4. The summed E-state index contributed by atoms with van der Waals surface area (Å²) in [6.07, 6.45) is 0.180. The number of carbonyl (C=O) groups excluding carboxylic acids is 2. The second kappa shape index (κ2) is 10.3. The van der Waals surface area contributed by atoms with Crippen molar-refractivity contribution in [3.8, 4) is 0 Å². The monoisotopic (exact) mass is 443 g/mol. The molecular weight excluding hydrogens is 414 g/mol. The Bertz CT molecular complexity index is 1080. The number of hydrogen-bond donors (Lipinski definition) is 4. The molecule has 3 amide bonds.